The molecule has 19 heavy (non-hydrogen) atoms. The van der Waals surface area contributed by atoms with Gasteiger partial charge in [0.2, 0.25) is 5.91 Å². The second-order valence-corrected chi connectivity index (χ2v) is 4.58. The highest BCUT2D eigenvalue weighted by atomic mass is 16.5. The van der Waals surface area contributed by atoms with E-state index < -0.39 is 0 Å². The molecule has 1 N–H and O–H groups in total. The van der Waals surface area contributed by atoms with E-state index in [-0.39, 0.29) is 18.4 Å². The van der Waals surface area contributed by atoms with E-state index in [9.17, 15) is 9.59 Å². The molecular weight excluding hydrogens is 244 g/mol. The molecule has 1 aromatic carbocycles. The van der Waals surface area contributed by atoms with Crippen LogP contribution in [0.2, 0.25) is 0 Å². The predicted molar refractivity (Wildman–Crippen MR) is 70.9 cm³/mol. The summed E-state index contributed by atoms with van der Waals surface area (Å²) in [5, 5.41) is 2.74. The minimum Gasteiger partial charge on any atom is -0.484 e. The van der Waals surface area contributed by atoms with Gasteiger partial charge < -0.3 is 15.0 Å². The molecule has 0 aliphatic carbocycles. The zero-order chi connectivity index (χ0) is 13.7. The van der Waals surface area contributed by atoms with Crippen LogP contribution in [0.4, 0.5) is 0 Å². The molecule has 1 aromatic rings. The first-order valence-corrected chi connectivity index (χ1v) is 6.39. The molecule has 2 rings (SSSR count). The summed E-state index contributed by atoms with van der Waals surface area (Å²) in [6.07, 6.45) is 0.357. The van der Waals surface area contributed by atoms with E-state index in [2.05, 4.69) is 5.32 Å². The van der Waals surface area contributed by atoms with Crippen molar-refractivity contribution >= 4 is 11.8 Å². The van der Waals surface area contributed by atoms with Gasteiger partial charge in [-0.3, -0.25) is 9.59 Å². The molecule has 0 atom stereocenters. The van der Waals surface area contributed by atoms with Crippen molar-refractivity contribution in [2.75, 3.05) is 26.2 Å². The Balaban J connectivity index is 1.83. The van der Waals surface area contributed by atoms with Crippen LogP contribution >= 0.6 is 0 Å². The van der Waals surface area contributed by atoms with E-state index in [1.807, 2.05) is 31.2 Å². The van der Waals surface area contributed by atoms with Crippen molar-refractivity contribution in [3.63, 3.8) is 0 Å². The van der Waals surface area contributed by atoms with Crippen LogP contribution in [0.1, 0.15) is 12.0 Å². The van der Waals surface area contributed by atoms with Crippen LogP contribution in [0.3, 0.4) is 0 Å². The molecule has 0 radical (unpaired) electrons. The highest BCUT2D eigenvalue weighted by Crippen LogP contribution is 2.11. The first-order chi connectivity index (χ1) is 9.15. The molecule has 0 spiro atoms. The number of aryl methyl sites for hydroxylation is 1. The maximum Gasteiger partial charge on any atom is 0.260 e. The number of nitrogens with one attached hydrogen (secondary N) is 1. The van der Waals surface area contributed by atoms with Crippen LogP contribution < -0.4 is 10.1 Å². The van der Waals surface area contributed by atoms with Gasteiger partial charge in [-0.05, 0) is 19.1 Å². The molecule has 1 fully saturated rings. The monoisotopic (exact) mass is 262 g/mol. The highest BCUT2D eigenvalue weighted by molar-refractivity contribution is 5.80. The second kappa shape index (κ2) is 6.22. The van der Waals surface area contributed by atoms with Gasteiger partial charge in [0, 0.05) is 26.1 Å². The van der Waals surface area contributed by atoms with Gasteiger partial charge >= 0.3 is 0 Å². The Kier molecular flexibility index (Phi) is 4.39. The van der Waals surface area contributed by atoms with Crippen LogP contribution in [0.5, 0.6) is 5.75 Å². The van der Waals surface area contributed by atoms with Crippen molar-refractivity contribution in [1.82, 2.24) is 10.2 Å². The van der Waals surface area contributed by atoms with Gasteiger partial charge in [0.1, 0.15) is 5.75 Å². The summed E-state index contributed by atoms with van der Waals surface area (Å²) < 4.78 is 5.45. The Morgan fingerprint density at radius 1 is 1.32 bits per heavy atom. The molecule has 1 aliphatic heterocycles. The lowest BCUT2D eigenvalue weighted by molar-refractivity contribution is -0.133. The number of carbonyl (C=O) groups is 2. The van der Waals surface area contributed by atoms with E-state index >= 15 is 0 Å². The number of benzene rings is 1. The first kappa shape index (κ1) is 13.4. The summed E-state index contributed by atoms with van der Waals surface area (Å²) in [5.74, 6) is 0.592. The Labute approximate surface area is 112 Å². The average molecular weight is 262 g/mol. The summed E-state index contributed by atoms with van der Waals surface area (Å²) in [6, 6.07) is 7.56. The summed E-state index contributed by atoms with van der Waals surface area (Å²) in [7, 11) is 0. The van der Waals surface area contributed by atoms with E-state index in [1.54, 1.807) is 4.90 Å². The third-order valence-electron chi connectivity index (χ3n) is 3.05. The maximum atomic E-state index is 12.0. The van der Waals surface area contributed by atoms with Crippen molar-refractivity contribution in [1.29, 1.82) is 0 Å². The Hall–Kier alpha value is -2.04. The van der Waals surface area contributed by atoms with Gasteiger partial charge in [-0.15, -0.1) is 0 Å². The van der Waals surface area contributed by atoms with Crippen molar-refractivity contribution < 1.29 is 14.3 Å². The first-order valence-electron chi connectivity index (χ1n) is 6.39. The maximum absolute atomic E-state index is 12.0. The number of hydrogen-bond acceptors (Lipinski definition) is 3. The molecule has 2 amide bonds. The summed E-state index contributed by atoms with van der Waals surface area (Å²) in [4.78, 5) is 24.8. The molecule has 1 saturated heterocycles. The minimum absolute atomic E-state index is 0.00486. The van der Waals surface area contributed by atoms with Gasteiger partial charge in [0.15, 0.2) is 6.61 Å². The fraction of sp³-hybridized carbons (Fsp3) is 0.429. The molecule has 0 unspecified atom stereocenters. The zero-order valence-electron chi connectivity index (χ0n) is 11.0. The van der Waals surface area contributed by atoms with E-state index in [0.717, 1.165) is 5.56 Å². The minimum atomic E-state index is -0.0860. The molecule has 5 heteroatoms. The summed E-state index contributed by atoms with van der Waals surface area (Å²) >= 11 is 0. The number of carbonyl (C=O) groups excluding carboxylic acids is 2. The van der Waals surface area contributed by atoms with Crippen LogP contribution in [0.15, 0.2) is 24.3 Å². The third-order valence-corrected chi connectivity index (χ3v) is 3.05. The number of nitrogens with zero attached hydrogens (tertiary/aromatic N) is 1. The van der Waals surface area contributed by atoms with Crippen LogP contribution in [0, 0.1) is 6.92 Å². The smallest absolute Gasteiger partial charge is 0.260 e. The molecule has 0 aromatic heterocycles. The third kappa shape index (κ3) is 3.98. The summed E-state index contributed by atoms with van der Waals surface area (Å²) in [5.41, 5.74) is 1.15. The molecule has 0 bridgehead atoms. The molecule has 102 valence electrons. The largest absolute Gasteiger partial charge is 0.484 e. The van der Waals surface area contributed by atoms with E-state index in [1.165, 1.54) is 0 Å². The number of amides is 2. The molecule has 0 saturated carbocycles. The van der Waals surface area contributed by atoms with Crippen molar-refractivity contribution in [2.45, 2.75) is 13.3 Å². The lowest BCUT2D eigenvalue weighted by Crippen LogP contribution is -2.37. The van der Waals surface area contributed by atoms with Gasteiger partial charge in [0.05, 0.1) is 0 Å². The number of ether oxygens (including phenoxy) is 1. The van der Waals surface area contributed by atoms with E-state index in [4.69, 9.17) is 4.74 Å². The second-order valence-electron chi connectivity index (χ2n) is 4.58. The van der Waals surface area contributed by atoms with Gasteiger partial charge in [-0.2, -0.15) is 0 Å². The van der Waals surface area contributed by atoms with Crippen molar-refractivity contribution in [3.8, 4) is 5.75 Å². The summed E-state index contributed by atoms with van der Waals surface area (Å²) in [6.45, 7) is 3.52. The van der Waals surface area contributed by atoms with Crippen LogP contribution in [-0.2, 0) is 9.59 Å². The Morgan fingerprint density at radius 3 is 2.79 bits per heavy atom. The van der Waals surface area contributed by atoms with Crippen molar-refractivity contribution in [2.24, 2.45) is 0 Å². The lowest BCUT2D eigenvalue weighted by atomic mass is 10.2. The number of rotatable bonds is 3. The normalized spacial score (nSPS) is 15.6. The molecule has 1 heterocycles. The zero-order valence-corrected chi connectivity index (χ0v) is 11.0. The standard InChI is InChI=1S/C14H18N2O3/c1-11-2-4-12(5-3-11)19-10-14(18)16-8-6-13(17)15-7-9-16/h2-5H,6-10H2,1H3,(H,15,17). The SMILES string of the molecule is Cc1ccc(OCC(=O)N2CCNC(=O)CC2)cc1. The van der Waals surface area contributed by atoms with Crippen LogP contribution in [-0.4, -0.2) is 43.0 Å². The molecule has 5 nitrogen and oxygen atoms in total. The average Bonchev–Trinajstić information content (AvgIpc) is 2.63. The fourth-order valence-corrected chi connectivity index (χ4v) is 1.89. The van der Waals surface area contributed by atoms with Gasteiger partial charge in [0.25, 0.3) is 5.91 Å². The molecular formula is C14H18N2O3. The Morgan fingerprint density at radius 2 is 2.05 bits per heavy atom. The quantitative estimate of drug-likeness (QED) is 0.873. The van der Waals surface area contributed by atoms with Crippen LogP contribution in [0.25, 0.3) is 0 Å². The van der Waals surface area contributed by atoms with Crippen molar-refractivity contribution in [3.05, 3.63) is 29.8 Å². The highest BCUT2D eigenvalue weighted by Gasteiger charge is 2.18. The topological polar surface area (TPSA) is 58.6 Å². The van der Waals surface area contributed by atoms with E-state index in [0.29, 0.717) is 31.8 Å². The molecule has 1 aliphatic rings. The van der Waals surface area contributed by atoms with Gasteiger partial charge in [-0.1, -0.05) is 17.7 Å². The fourth-order valence-electron chi connectivity index (χ4n) is 1.89. The lowest BCUT2D eigenvalue weighted by Gasteiger charge is -2.19. The predicted octanol–water partition coefficient (Wildman–Crippen LogP) is 0.722. The Bertz CT molecular complexity index is 456. The number of hydrogen-bond donors (Lipinski definition) is 1. The van der Waals surface area contributed by atoms with Gasteiger partial charge in [-0.25, -0.2) is 0 Å².